The van der Waals surface area contributed by atoms with Crippen LogP contribution in [0.25, 0.3) is 0 Å². The molecule has 4 nitrogen and oxygen atoms in total. The van der Waals surface area contributed by atoms with E-state index in [4.69, 9.17) is 0 Å². The maximum atomic E-state index is 9.73. The Hall–Kier alpha value is -0.900. The predicted molar refractivity (Wildman–Crippen MR) is 50.3 cm³/mol. The lowest BCUT2D eigenvalue weighted by Crippen LogP contribution is -2.23. The minimum Gasteiger partial charge on any atom is -0.391 e. The Morgan fingerprint density at radius 3 is 2.69 bits per heavy atom. The van der Waals surface area contributed by atoms with Crippen LogP contribution in [0.3, 0.4) is 0 Å². The molecule has 1 aromatic rings. The molecule has 0 fully saturated rings. The number of rotatable bonds is 5. The van der Waals surface area contributed by atoms with Gasteiger partial charge >= 0.3 is 0 Å². The maximum Gasteiger partial charge on any atom is 0.137 e. The molecule has 0 aliphatic heterocycles. The van der Waals surface area contributed by atoms with Gasteiger partial charge in [0.1, 0.15) is 12.7 Å². The molecule has 0 saturated heterocycles. The zero-order chi connectivity index (χ0) is 9.68. The van der Waals surface area contributed by atoms with Gasteiger partial charge in [-0.1, -0.05) is 20.3 Å². The highest BCUT2D eigenvalue weighted by atomic mass is 16.3. The molecule has 0 aliphatic rings. The molecule has 0 amide bonds. The van der Waals surface area contributed by atoms with E-state index >= 15 is 0 Å². The third kappa shape index (κ3) is 2.52. The summed E-state index contributed by atoms with van der Waals surface area (Å²) in [7, 11) is 0. The first-order chi connectivity index (χ1) is 6.29. The van der Waals surface area contributed by atoms with Gasteiger partial charge in [-0.25, -0.2) is 9.67 Å². The van der Waals surface area contributed by atoms with Crippen molar-refractivity contribution in [3.63, 3.8) is 0 Å². The van der Waals surface area contributed by atoms with Gasteiger partial charge in [0.05, 0.1) is 12.1 Å². The molecule has 4 heteroatoms. The average molecular weight is 183 g/mol. The van der Waals surface area contributed by atoms with Gasteiger partial charge < -0.3 is 5.11 Å². The van der Waals surface area contributed by atoms with Gasteiger partial charge in [0.2, 0.25) is 0 Å². The van der Waals surface area contributed by atoms with Crippen molar-refractivity contribution in [2.24, 2.45) is 0 Å². The second kappa shape index (κ2) is 4.97. The highest BCUT2D eigenvalue weighted by Crippen LogP contribution is 2.18. The van der Waals surface area contributed by atoms with Crippen LogP contribution in [-0.2, 0) is 0 Å². The van der Waals surface area contributed by atoms with E-state index in [1.807, 2.05) is 6.92 Å². The Kier molecular flexibility index (Phi) is 3.89. The monoisotopic (exact) mass is 183 g/mol. The first-order valence-electron chi connectivity index (χ1n) is 4.81. The Morgan fingerprint density at radius 2 is 2.23 bits per heavy atom. The molecular formula is C9H17N3O. The van der Waals surface area contributed by atoms with E-state index in [-0.39, 0.29) is 12.1 Å². The van der Waals surface area contributed by atoms with E-state index in [0.717, 1.165) is 19.3 Å². The van der Waals surface area contributed by atoms with Crippen molar-refractivity contribution < 1.29 is 5.11 Å². The summed E-state index contributed by atoms with van der Waals surface area (Å²) in [5, 5.41) is 13.8. The van der Waals surface area contributed by atoms with Crippen LogP contribution < -0.4 is 0 Å². The van der Waals surface area contributed by atoms with E-state index in [1.54, 1.807) is 11.0 Å². The van der Waals surface area contributed by atoms with Crippen molar-refractivity contribution in [3.05, 3.63) is 12.7 Å². The lowest BCUT2D eigenvalue weighted by Gasteiger charge is -2.21. The van der Waals surface area contributed by atoms with Gasteiger partial charge in [0, 0.05) is 0 Å². The van der Waals surface area contributed by atoms with E-state index in [1.165, 1.54) is 6.33 Å². The van der Waals surface area contributed by atoms with Gasteiger partial charge in [0.25, 0.3) is 0 Å². The van der Waals surface area contributed by atoms with Crippen LogP contribution in [0.5, 0.6) is 0 Å². The third-order valence-corrected chi connectivity index (χ3v) is 2.22. The Balaban J connectivity index is 2.68. The van der Waals surface area contributed by atoms with E-state index in [9.17, 15) is 5.11 Å². The molecule has 74 valence electrons. The van der Waals surface area contributed by atoms with Gasteiger partial charge in [-0.3, -0.25) is 0 Å². The Morgan fingerprint density at radius 1 is 1.46 bits per heavy atom. The van der Waals surface area contributed by atoms with E-state index in [0.29, 0.717) is 0 Å². The van der Waals surface area contributed by atoms with Crippen molar-refractivity contribution in [2.45, 2.75) is 45.3 Å². The fourth-order valence-corrected chi connectivity index (χ4v) is 1.46. The SMILES string of the molecule is CCCC(C(O)CC)n1cncn1. The summed E-state index contributed by atoms with van der Waals surface area (Å²) in [4.78, 5) is 3.88. The molecule has 1 heterocycles. The van der Waals surface area contributed by atoms with Crippen LogP contribution in [0.1, 0.15) is 39.2 Å². The molecule has 0 spiro atoms. The largest absolute Gasteiger partial charge is 0.391 e. The predicted octanol–water partition coefficient (Wildman–Crippen LogP) is 1.39. The van der Waals surface area contributed by atoms with E-state index in [2.05, 4.69) is 17.0 Å². The highest BCUT2D eigenvalue weighted by molar-refractivity contribution is 4.74. The van der Waals surface area contributed by atoms with Crippen molar-refractivity contribution in [3.8, 4) is 0 Å². The molecule has 0 bridgehead atoms. The average Bonchev–Trinajstić information content (AvgIpc) is 2.65. The quantitative estimate of drug-likeness (QED) is 0.750. The van der Waals surface area contributed by atoms with E-state index < -0.39 is 0 Å². The molecular weight excluding hydrogens is 166 g/mol. The minimum absolute atomic E-state index is 0.0810. The van der Waals surface area contributed by atoms with Gasteiger partial charge in [0.15, 0.2) is 0 Å². The van der Waals surface area contributed by atoms with Crippen LogP contribution in [0.2, 0.25) is 0 Å². The normalized spacial score (nSPS) is 15.6. The van der Waals surface area contributed by atoms with Crippen molar-refractivity contribution in [1.82, 2.24) is 14.8 Å². The van der Waals surface area contributed by atoms with Crippen molar-refractivity contribution in [1.29, 1.82) is 0 Å². The summed E-state index contributed by atoms with van der Waals surface area (Å²) in [5.41, 5.74) is 0. The number of aliphatic hydroxyl groups excluding tert-OH is 1. The number of hydrogen-bond acceptors (Lipinski definition) is 3. The van der Waals surface area contributed by atoms with Crippen LogP contribution in [0.15, 0.2) is 12.7 Å². The number of aliphatic hydroxyl groups is 1. The third-order valence-electron chi connectivity index (χ3n) is 2.22. The maximum absolute atomic E-state index is 9.73. The van der Waals surface area contributed by atoms with Gasteiger partial charge in [-0.05, 0) is 12.8 Å². The first kappa shape index (κ1) is 10.2. The lowest BCUT2D eigenvalue weighted by atomic mass is 10.0. The highest BCUT2D eigenvalue weighted by Gasteiger charge is 2.18. The number of nitrogens with zero attached hydrogens (tertiary/aromatic N) is 3. The second-order valence-electron chi connectivity index (χ2n) is 3.21. The lowest BCUT2D eigenvalue weighted by molar-refractivity contribution is 0.0962. The van der Waals surface area contributed by atoms with Gasteiger partial charge in [-0.15, -0.1) is 0 Å². The molecule has 0 aromatic carbocycles. The smallest absolute Gasteiger partial charge is 0.137 e. The van der Waals surface area contributed by atoms with Crippen LogP contribution in [-0.4, -0.2) is 26.0 Å². The topological polar surface area (TPSA) is 50.9 Å². The second-order valence-corrected chi connectivity index (χ2v) is 3.21. The van der Waals surface area contributed by atoms with Crippen LogP contribution in [0, 0.1) is 0 Å². The fraction of sp³-hybridized carbons (Fsp3) is 0.778. The molecule has 1 N–H and O–H groups in total. The summed E-state index contributed by atoms with van der Waals surface area (Å²) >= 11 is 0. The minimum atomic E-state index is -0.318. The fourth-order valence-electron chi connectivity index (χ4n) is 1.46. The van der Waals surface area contributed by atoms with Crippen molar-refractivity contribution >= 4 is 0 Å². The molecule has 0 radical (unpaired) electrons. The molecule has 0 aliphatic carbocycles. The molecule has 13 heavy (non-hydrogen) atoms. The number of hydrogen-bond donors (Lipinski definition) is 1. The molecule has 1 rings (SSSR count). The van der Waals surface area contributed by atoms with Crippen LogP contribution in [0.4, 0.5) is 0 Å². The molecule has 2 atom stereocenters. The molecule has 2 unspecified atom stereocenters. The zero-order valence-electron chi connectivity index (χ0n) is 8.22. The van der Waals surface area contributed by atoms with Gasteiger partial charge in [-0.2, -0.15) is 5.10 Å². The number of aromatic nitrogens is 3. The van der Waals surface area contributed by atoms with Crippen molar-refractivity contribution in [2.75, 3.05) is 0 Å². The Bertz CT molecular complexity index is 223. The summed E-state index contributed by atoms with van der Waals surface area (Å²) < 4.78 is 1.75. The molecule has 0 saturated carbocycles. The van der Waals surface area contributed by atoms with Crippen LogP contribution >= 0.6 is 0 Å². The summed E-state index contributed by atoms with van der Waals surface area (Å²) in [5.74, 6) is 0. The zero-order valence-corrected chi connectivity index (χ0v) is 8.22. The first-order valence-corrected chi connectivity index (χ1v) is 4.81. The molecule has 1 aromatic heterocycles. The summed E-state index contributed by atoms with van der Waals surface area (Å²) in [6, 6.07) is 0.0810. The summed E-state index contributed by atoms with van der Waals surface area (Å²) in [6.45, 7) is 4.08. The summed E-state index contributed by atoms with van der Waals surface area (Å²) in [6.07, 6.45) is 5.59. The standard InChI is InChI=1S/C9H17N3O/c1-3-5-8(9(13)4-2)12-7-10-6-11-12/h6-9,13H,3-5H2,1-2H3. The Labute approximate surface area is 78.6 Å².